The second-order valence-corrected chi connectivity index (χ2v) is 7.28. The van der Waals surface area contributed by atoms with Crippen molar-refractivity contribution in [1.29, 1.82) is 0 Å². The van der Waals surface area contributed by atoms with Crippen LogP contribution in [0, 0.1) is 0 Å². The molecule has 4 heteroatoms. The number of hydrogen-bond donors (Lipinski definition) is 1. The molecule has 1 saturated heterocycles. The van der Waals surface area contributed by atoms with Crippen LogP contribution in [0.3, 0.4) is 0 Å². The second kappa shape index (κ2) is 8.48. The molecule has 1 aromatic rings. The largest absolute Gasteiger partial charge is 0.388 e. The van der Waals surface area contributed by atoms with Crippen molar-refractivity contribution in [1.82, 2.24) is 4.90 Å². The van der Waals surface area contributed by atoms with Gasteiger partial charge in [0.05, 0.1) is 19.3 Å². The van der Waals surface area contributed by atoms with E-state index >= 15 is 0 Å². The van der Waals surface area contributed by atoms with E-state index in [-0.39, 0.29) is 0 Å². The standard InChI is InChI=1S/C19H28ClNO2/c20-18-14-16(6-7-17(18)15-4-2-1-3-5-15)19(22)8-9-21-10-12-23-13-11-21/h6-7,14-15,19,22H,1-5,8-13H2. The molecule has 1 aromatic carbocycles. The molecule has 1 saturated carbocycles. The molecule has 1 aliphatic carbocycles. The van der Waals surface area contributed by atoms with Crippen LogP contribution in [0.1, 0.15) is 61.7 Å². The Hall–Kier alpha value is -0.610. The lowest BCUT2D eigenvalue weighted by atomic mass is 9.83. The van der Waals surface area contributed by atoms with Crippen LogP contribution in [0.2, 0.25) is 5.02 Å². The van der Waals surface area contributed by atoms with E-state index in [0.717, 1.165) is 49.9 Å². The third-order valence-electron chi connectivity index (χ3n) is 5.28. The van der Waals surface area contributed by atoms with E-state index in [4.69, 9.17) is 16.3 Å². The number of ether oxygens (including phenoxy) is 1. The maximum Gasteiger partial charge on any atom is 0.0802 e. The highest BCUT2D eigenvalue weighted by atomic mass is 35.5. The first-order valence-electron chi connectivity index (χ1n) is 9.01. The first-order valence-corrected chi connectivity index (χ1v) is 9.39. The van der Waals surface area contributed by atoms with Crippen LogP contribution in [-0.4, -0.2) is 42.9 Å². The van der Waals surface area contributed by atoms with Gasteiger partial charge in [-0.15, -0.1) is 0 Å². The van der Waals surface area contributed by atoms with Crippen molar-refractivity contribution in [2.45, 2.75) is 50.5 Å². The molecule has 0 spiro atoms. The molecule has 1 unspecified atom stereocenters. The van der Waals surface area contributed by atoms with Gasteiger partial charge in [0, 0.05) is 24.7 Å². The van der Waals surface area contributed by atoms with Gasteiger partial charge in [-0.3, -0.25) is 4.90 Å². The molecule has 1 N–H and O–H groups in total. The molecule has 3 nitrogen and oxygen atoms in total. The molecule has 23 heavy (non-hydrogen) atoms. The van der Waals surface area contributed by atoms with E-state index in [0.29, 0.717) is 5.92 Å². The quantitative estimate of drug-likeness (QED) is 0.876. The average Bonchev–Trinajstić information content (AvgIpc) is 2.61. The molecule has 0 bridgehead atoms. The van der Waals surface area contributed by atoms with E-state index < -0.39 is 6.10 Å². The van der Waals surface area contributed by atoms with Gasteiger partial charge < -0.3 is 9.84 Å². The zero-order valence-electron chi connectivity index (χ0n) is 13.8. The lowest BCUT2D eigenvalue weighted by Crippen LogP contribution is -2.37. The van der Waals surface area contributed by atoms with Gasteiger partial charge in [0.2, 0.25) is 0 Å². The summed E-state index contributed by atoms with van der Waals surface area (Å²) < 4.78 is 5.36. The third kappa shape index (κ3) is 4.69. The first-order chi connectivity index (χ1) is 11.2. The Kier molecular flexibility index (Phi) is 6.35. The van der Waals surface area contributed by atoms with Crippen molar-refractivity contribution < 1.29 is 9.84 Å². The van der Waals surface area contributed by atoms with Crippen molar-refractivity contribution in [3.63, 3.8) is 0 Å². The van der Waals surface area contributed by atoms with E-state index in [1.165, 1.54) is 37.7 Å². The lowest BCUT2D eigenvalue weighted by Gasteiger charge is -2.27. The number of halogens is 1. The van der Waals surface area contributed by atoms with Gasteiger partial charge in [-0.1, -0.05) is 43.0 Å². The van der Waals surface area contributed by atoms with Gasteiger partial charge in [0.1, 0.15) is 0 Å². The topological polar surface area (TPSA) is 32.7 Å². The smallest absolute Gasteiger partial charge is 0.0802 e. The first kappa shape index (κ1) is 17.2. The fourth-order valence-corrected chi connectivity index (χ4v) is 4.13. The minimum absolute atomic E-state index is 0.434. The molecule has 2 fully saturated rings. The summed E-state index contributed by atoms with van der Waals surface area (Å²) in [6.07, 6.45) is 6.79. The van der Waals surface area contributed by atoms with E-state index in [2.05, 4.69) is 17.0 Å². The van der Waals surface area contributed by atoms with Gasteiger partial charge in [0.25, 0.3) is 0 Å². The van der Waals surface area contributed by atoms with Gasteiger partial charge in [0.15, 0.2) is 0 Å². The fourth-order valence-electron chi connectivity index (χ4n) is 3.79. The molecule has 1 heterocycles. The highest BCUT2D eigenvalue weighted by Crippen LogP contribution is 2.37. The summed E-state index contributed by atoms with van der Waals surface area (Å²) in [7, 11) is 0. The lowest BCUT2D eigenvalue weighted by molar-refractivity contribution is 0.0300. The minimum Gasteiger partial charge on any atom is -0.388 e. The van der Waals surface area contributed by atoms with Crippen molar-refractivity contribution in [3.05, 3.63) is 34.3 Å². The maximum atomic E-state index is 10.5. The number of rotatable bonds is 5. The third-order valence-corrected chi connectivity index (χ3v) is 5.60. The number of aliphatic hydroxyl groups excluding tert-OH is 1. The second-order valence-electron chi connectivity index (χ2n) is 6.87. The van der Waals surface area contributed by atoms with Crippen molar-refractivity contribution in [2.75, 3.05) is 32.8 Å². The molecule has 1 aliphatic heterocycles. The predicted octanol–water partition coefficient (Wildman–Crippen LogP) is 4.14. The van der Waals surface area contributed by atoms with Crippen LogP contribution in [-0.2, 0) is 4.74 Å². The molecule has 0 radical (unpaired) electrons. The van der Waals surface area contributed by atoms with E-state index in [1.54, 1.807) is 0 Å². The summed E-state index contributed by atoms with van der Waals surface area (Å²) in [4.78, 5) is 2.35. The highest BCUT2D eigenvalue weighted by molar-refractivity contribution is 6.31. The summed E-state index contributed by atoms with van der Waals surface area (Å²) in [6.45, 7) is 4.45. The van der Waals surface area contributed by atoms with Crippen molar-refractivity contribution >= 4 is 11.6 Å². The normalized spacial score (nSPS) is 22.2. The zero-order chi connectivity index (χ0) is 16.1. The maximum absolute atomic E-state index is 10.5. The monoisotopic (exact) mass is 337 g/mol. The number of benzene rings is 1. The van der Waals surface area contributed by atoms with Crippen LogP contribution in [0.5, 0.6) is 0 Å². The number of nitrogens with zero attached hydrogens (tertiary/aromatic N) is 1. The highest BCUT2D eigenvalue weighted by Gasteiger charge is 2.19. The zero-order valence-corrected chi connectivity index (χ0v) is 14.6. The molecule has 128 valence electrons. The van der Waals surface area contributed by atoms with Crippen molar-refractivity contribution in [2.24, 2.45) is 0 Å². The van der Waals surface area contributed by atoms with E-state index in [1.807, 2.05) is 6.07 Å². The van der Waals surface area contributed by atoms with Crippen molar-refractivity contribution in [3.8, 4) is 0 Å². The number of aliphatic hydroxyl groups is 1. The van der Waals surface area contributed by atoms with Gasteiger partial charge in [-0.2, -0.15) is 0 Å². The molecular formula is C19H28ClNO2. The SMILES string of the molecule is OC(CCN1CCOCC1)c1ccc(C2CCCCC2)c(Cl)c1. The Morgan fingerprint density at radius 1 is 1.17 bits per heavy atom. The van der Waals surface area contributed by atoms with Crippen LogP contribution < -0.4 is 0 Å². The Labute approximate surface area is 144 Å². The van der Waals surface area contributed by atoms with Gasteiger partial charge >= 0.3 is 0 Å². The molecular weight excluding hydrogens is 310 g/mol. The number of hydrogen-bond acceptors (Lipinski definition) is 3. The minimum atomic E-state index is -0.434. The molecule has 3 rings (SSSR count). The van der Waals surface area contributed by atoms with Gasteiger partial charge in [-0.05, 0) is 42.4 Å². The van der Waals surface area contributed by atoms with Crippen LogP contribution in [0.15, 0.2) is 18.2 Å². The predicted molar refractivity (Wildman–Crippen MR) is 94.1 cm³/mol. The summed E-state index contributed by atoms with van der Waals surface area (Å²) in [5, 5.41) is 11.3. The van der Waals surface area contributed by atoms with E-state index in [9.17, 15) is 5.11 Å². The Bertz CT molecular complexity index is 496. The molecule has 1 atom stereocenters. The average molecular weight is 338 g/mol. The summed E-state index contributed by atoms with van der Waals surface area (Å²) in [6, 6.07) is 6.20. The summed E-state index contributed by atoms with van der Waals surface area (Å²) >= 11 is 6.52. The van der Waals surface area contributed by atoms with Crippen LogP contribution in [0.4, 0.5) is 0 Å². The summed E-state index contributed by atoms with van der Waals surface area (Å²) in [5.74, 6) is 0.607. The molecule has 2 aliphatic rings. The van der Waals surface area contributed by atoms with Gasteiger partial charge in [-0.25, -0.2) is 0 Å². The van der Waals surface area contributed by atoms with Crippen LogP contribution >= 0.6 is 11.6 Å². The number of morpholine rings is 1. The van der Waals surface area contributed by atoms with Crippen LogP contribution in [0.25, 0.3) is 0 Å². The Balaban J connectivity index is 1.57. The Morgan fingerprint density at radius 3 is 2.61 bits per heavy atom. The summed E-state index contributed by atoms with van der Waals surface area (Å²) in [5.41, 5.74) is 2.22. The fraction of sp³-hybridized carbons (Fsp3) is 0.684. The Morgan fingerprint density at radius 2 is 1.91 bits per heavy atom. The molecule has 0 aromatic heterocycles. The molecule has 0 amide bonds.